The molecular weight excluding hydrogens is 320 g/mol. The zero-order valence-electron chi connectivity index (χ0n) is 15.3. The van der Waals surface area contributed by atoms with Gasteiger partial charge in [0.1, 0.15) is 0 Å². The summed E-state index contributed by atoms with van der Waals surface area (Å²) < 4.78 is 12.2. The van der Waals surface area contributed by atoms with Gasteiger partial charge in [0.05, 0.1) is 12.8 Å². The maximum Gasteiger partial charge on any atom is 0.406 e. The van der Waals surface area contributed by atoms with Crippen molar-refractivity contribution in [3.8, 4) is 0 Å². The minimum absolute atomic E-state index is 0.278. The van der Waals surface area contributed by atoms with Crippen LogP contribution in [0, 0.1) is 0 Å². The van der Waals surface area contributed by atoms with Gasteiger partial charge in [-0.3, -0.25) is 4.68 Å². The minimum Gasteiger partial charge on any atom is -0.453 e. The van der Waals surface area contributed by atoms with E-state index in [-0.39, 0.29) is 12.1 Å². The molecule has 7 nitrogen and oxygen atoms in total. The topological polar surface area (TPSA) is 77.4 Å². The number of rotatable bonds is 8. The van der Waals surface area contributed by atoms with E-state index in [1.165, 1.54) is 25.6 Å². The van der Waals surface area contributed by atoms with Gasteiger partial charge in [0, 0.05) is 50.0 Å². The van der Waals surface area contributed by atoms with Crippen molar-refractivity contribution < 1.29 is 14.3 Å². The van der Waals surface area contributed by atoms with Gasteiger partial charge in [-0.25, -0.2) is 4.79 Å². The van der Waals surface area contributed by atoms with E-state index in [4.69, 9.17) is 9.84 Å². The molecule has 0 radical (unpaired) electrons. The fourth-order valence-electron chi connectivity index (χ4n) is 3.35. The zero-order chi connectivity index (χ0) is 17.6. The van der Waals surface area contributed by atoms with Gasteiger partial charge in [-0.15, -0.1) is 0 Å². The van der Waals surface area contributed by atoms with Crippen LogP contribution in [0.1, 0.15) is 62.4 Å². The molecule has 0 aromatic carbocycles. The Hall–Kier alpha value is -1.60. The highest BCUT2D eigenvalue weighted by Crippen LogP contribution is 2.30. The molecule has 0 bridgehead atoms. The van der Waals surface area contributed by atoms with Crippen LogP contribution < -0.4 is 10.6 Å². The largest absolute Gasteiger partial charge is 0.453 e. The molecule has 25 heavy (non-hydrogen) atoms. The van der Waals surface area contributed by atoms with Crippen molar-refractivity contribution >= 4 is 6.09 Å². The van der Waals surface area contributed by atoms with Crippen LogP contribution >= 0.6 is 0 Å². The third kappa shape index (κ3) is 5.19. The van der Waals surface area contributed by atoms with E-state index in [9.17, 15) is 4.79 Å². The molecule has 2 heterocycles. The summed E-state index contributed by atoms with van der Waals surface area (Å²) in [4.78, 5) is 11.2. The van der Waals surface area contributed by atoms with Gasteiger partial charge in [0.15, 0.2) is 0 Å². The molecule has 1 aromatic rings. The van der Waals surface area contributed by atoms with Crippen molar-refractivity contribution in [2.75, 3.05) is 26.9 Å². The van der Waals surface area contributed by atoms with E-state index in [0.29, 0.717) is 18.5 Å². The van der Waals surface area contributed by atoms with Crippen molar-refractivity contribution in [3.05, 3.63) is 17.5 Å². The van der Waals surface area contributed by atoms with Crippen LogP contribution in [0.2, 0.25) is 0 Å². The third-order valence-electron chi connectivity index (χ3n) is 4.98. The van der Waals surface area contributed by atoms with E-state index < -0.39 is 0 Å². The van der Waals surface area contributed by atoms with E-state index in [2.05, 4.69) is 33.0 Å². The number of carbonyl (C=O) groups excluding carboxylic acids is 1. The number of hydrogen-bond acceptors (Lipinski definition) is 5. The van der Waals surface area contributed by atoms with Gasteiger partial charge in [0.2, 0.25) is 0 Å². The van der Waals surface area contributed by atoms with Gasteiger partial charge >= 0.3 is 6.09 Å². The Morgan fingerprint density at radius 3 is 2.84 bits per heavy atom. The van der Waals surface area contributed by atoms with Gasteiger partial charge in [-0.05, 0) is 45.1 Å². The monoisotopic (exact) mass is 350 g/mol. The van der Waals surface area contributed by atoms with Crippen molar-refractivity contribution in [2.45, 2.75) is 63.6 Å². The van der Waals surface area contributed by atoms with Crippen LogP contribution in [-0.2, 0) is 16.0 Å². The second-order valence-corrected chi connectivity index (χ2v) is 7.04. The Kier molecular flexibility index (Phi) is 6.31. The minimum atomic E-state index is -0.381. The first-order chi connectivity index (χ1) is 12.2. The fraction of sp³-hybridized carbons (Fsp3) is 0.778. The quantitative estimate of drug-likeness (QED) is 0.704. The molecule has 3 rings (SSSR count). The van der Waals surface area contributed by atoms with Gasteiger partial charge < -0.3 is 20.1 Å². The Bertz CT molecular complexity index is 565. The van der Waals surface area contributed by atoms with Crippen molar-refractivity contribution in [1.29, 1.82) is 0 Å². The van der Waals surface area contributed by atoms with Crippen LogP contribution in [0.4, 0.5) is 4.79 Å². The standard InChI is InChI=1S/C18H30N4O3/c1-13(20-15-4-5-15)16-12-17(14-6-10-25-11-7-14)22(21-16)9-3-8-19-18(23)24-2/h12-15,20H,3-11H2,1-2H3,(H,19,23)/t13-/m1/s1. The van der Waals surface area contributed by atoms with E-state index in [1.807, 2.05) is 0 Å². The Morgan fingerprint density at radius 1 is 1.40 bits per heavy atom. The summed E-state index contributed by atoms with van der Waals surface area (Å²) in [6, 6.07) is 3.21. The second kappa shape index (κ2) is 8.67. The molecule has 1 amide bonds. The van der Waals surface area contributed by atoms with Crippen LogP contribution in [0.5, 0.6) is 0 Å². The number of ether oxygens (including phenoxy) is 2. The normalized spacial score (nSPS) is 19.6. The van der Waals surface area contributed by atoms with Gasteiger partial charge in [0.25, 0.3) is 0 Å². The summed E-state index contributed by atoms with van der Waals surface area (Å²) >= 11 is 0. The number of carbonyl (C=O) groups is 1. The number of hydrogen-bond donors (Lipinski definition) is 2. The summed E-state index contributed by atoms with van der Waals surface area (Å²) in [5.74, 6) is 0.511. The fourth-order valence-corrected chi connectivity index (χ4v) is 3.35. The van der Waals surface area contributed by atoms with Crippen LogP contribution in [0.15, 0.2) is 6.07 Å². The molecule has 2 aliphatic rings. The first-order valence-electron chi connectivity index (χ1n) is 9.40. The average molecular weight is 350 g/mol. The summed E-state index contributed by atoms with van der Waals surface area (Å²) in [5, 5.41) is 11.2. The predicted octanol–water partition coefficient (Wildman–Crippen LogP) is 2.34. The molecule has 2 N–H and O–H groups in total. The zero-order valence-corrected chi connectivity index (χ0v) is 15.3. The van der Waals surface area contributed by atoms with E-state index in [1.54, 1.807) is 0 Å². The first-order valence-corrected chi connectivity index (χ1v) is 9.40. The number of alkyl carbamates (subject to hydrolysis) is 1. The molecule has 1 aromatic heterocycles. The highest BCUT2D eigenvalue weighted by Gasteiger charge is 2.26. The number of amides is 1. The molecule has 0 spiro atoms. The van der Waals surface area contributed by atoms with Crippen molar-refractivity contribution in [3.63, 3.8) is 0 Å². The van der Waals surface area contributed by atoms with Crippen molar-refractivity contribution in [1.82, 2.24) is 20.4 Å². The number of nitrogens with one attached hydrogen (secondary N) is 2. The smallest absolute Gasteiger partial charge is 0.406 e. The maximum absolute atomic E-state index is 11.2. The molecule has 1 saturated carbocycles. The summed E-state index contributed by atoms with van der Waals surface area (Å²) in [6.45, 7) is 5.23. The lowest BCUT2D eigenvalue weighted by molar-refractivity contribution is 0.0834. The van der Waals surface area contributed by atoms with Gasteiger partial charge in [-0.1, -0.05) is 0 Å². The second-order valence-electron chi connectivity index (χ2n) is 7.04. The van der Waals surface area contributed by atoms with E-state index in [0.717, 1.165) is 44.7 Å². The summed E-state index contributed by atoms with van der Waals surface area (Å²) in [6.07, 6.45) is 5.10. The number of methoxy groups -OCH3 is 1. The molecule has 140 valence electrons. The predicted molar refractivity (Wildman–Crippen MR) is 94.6 cm³/mol. The Balaban J connectivity index is 1.64. The molecule has 1 saturated heterocycles. The molecule has 7 heteroatoms. The number of nitrogens with zero attached hydrogens (tertiary/aromatic N) is 2. The van der Waals surface area contributed by atoms with Crippen molar-refractivity contribution in [2.24, 2.45) is 0 Å². The lowest BCUT2D eigenvalue weighted by atomic mass is 9.95. The molecule has 1 aliphatic carbocycles. The highest BCUT2D eigenvalue weighted by atomic mass is 16.5. The average Bonchev–Trinajstić information content (AvgIpc) is 3.35. The van der Waals surface area contributed by atoms with Crippen LogP contribution in [0.3, 0.4) is 0 Å². The Morgan fingerprint density at radius 2 is 2.16 bits per heavy atom. The number of aryl methyl sites for hydroxylation is 1. The summed E-state index contributed by atoms with van der Waals surface area (Å²) in [5.41, 5.74) is 2.43. The van der Waals surface area contributed by atoms with Crippen LogP contribution in [0.25, 0.3) is 0 Å². The van der Waals surface area contributed by atoms with Gasteiger partial charge in [-0.2, -0.15) is 5.10 Å². The molecule has 1 aliphatic heterocycles. The SMILES string of the molecule is COC(=O)NCCCn1nc([C@@H](C)NC2CC2)cc1C1CCOCC1. The Labute approximate surface area is 149 Å². The lowest BCUT2D eigenvalue weighted by Crippen LogP contribution is -2.25. The molecular formula is C18H30N4O3. The van der Waals surface area contributed by atoms with E-state index >= 15 is 0 Å². The summed E-state index contributed by atoms with van der Waals surface area (Å²) in [7, 11) is 1.38. The molecule has 2 fully saturated rings. The highest BCUT2D eigenvalue weighted by molar-refractivity contribution is 5.66. The van der Waals surface area contributed by atoms with Crippen LogP contribution in [-0.4, -0.2) is 48.8 Å². The molecule has 1 atom stereocenters. The third-order valence-corrected chi connectivity index (χ3v) is 4.98. The number of aromatic nitrogens is 2. The lowest BCUT2D eigenvalue weighted by Gasteiger charge is -2.22. The maximum atomic E-state index is 11.2. The first kappa shape index (κ1) is 18.2. The molecule has 0 unspecified atom stereocenters.